The van der Waals surface area contributed by atoms with Crippen molar-refractivity contribution in [3.05, 3.63) is 29.8 Å². The van der Waals surface area contributed by atoms with E-state index in [0.717, 1.165) is 11.5 Å². The quantitative estimate of drug-likeness (QED) is 0.795. The molecule has 2 N–H and O–H groups in total. The molecule has 104 valence electrons. The van der Waals surface area contributed by atoms with E-state index in [2.05, 4.69) is 31.4 Å². The summed E-state index contributed by atoms with van der Waals surface area (Å²) in [4.78, 5) is 0.0727. The van der Waals surface area contributed by atoms with Crippen LogP contribution >= 0.6 is 11.5 Å². The molecule has 0 fully saturated rings. The number of anilines is 1. The largest absolute Gasteiger partial charge is 0.395 e. The maximum atomic E-state index is 12.1. The van der Waals surface area contributed by atoms with Crippen LogP contribution in [0.2, 0.25) is 0 Å². The van der Waals surface area contributed by atoms with Crippen LogP contribution in [0.4, 0.5) is 5.13 Å². The number of aliphatic hydroxyl groups excluding tert-OH is 1. The SMILES string of the molecule is O=S(=O)(Nc1nnns1)c1cccc(C#CCCO)c1. The van der Waals surface area contributed by atoms with Gasteiger partial charge in [0.15, 0.2) is 0 Å². The number of aromatic nitrogens is 3. The summed E-state index contributed by atoms with van der Waals surface area (Å²) in [6.45, 7) is -0.0312. The molecule has 0 saturated heterocycles. The molecular formula is C11H10N4O3S2. The molecule has 0 spiro atoms. The third-order valence-corrected chi connectivity index (χ3v) is 4.11. The number of sulfonamides is 1. The molecule has 0 amide bonds. The predicted molar refractivity (Wildman–Crippen MR) is 73.5 cm³/mol. The van der Waals surface area contributed by atoms with E-state index in [0.29, 0.717) is 12.0 Å². The molecular weight excluding hydrogens is 300 g/mol. The Hall–Kier alpha value is -2.02. The Balaban J connectivity index is 2.24. The van der Waals surface area contributed by atoms with Crippen molar-refractivity contribution < 1.29 is 13.5 Å². The fraction of sp³-hybridized carbons (Fsp3) is 0.182. The van der Waals surface area contributed by atoms with Gasteiger partial charge in [-0.25, -0.2) is 8.42 Å². The van der Waals surface area contributed by atoms with Gasteiger partial charge in [-0.15, -0.1) is 0 Å². The minimum absolute atomic E-state index is 0.0312. The molecule has 0 radical (unpaired) electrons. The molecule has 0 bridgehead atoms. The Labute approximate surface area is 119 Å². The van der Waals surface area contributed by atoms with E-state index in [1.165, 1.54) is 12.1 Å². The predicted octanol–water partition coefficient (Wildman–Crippen LogP) is 0.468. The van der Waals surface area contributed by atoms with Crippen LogP contribution in [0.15, 0.2) is 29.2 Å². The summed E-state index contributed by atoms with van der Waals surface area (Å²) in [6, 6.07) is 6.18. The van der Waals surface area contributed by atoms with Gasteiger partial charge in [0.1, 0.15) is 0 Å². The number of benzene rings is 1. The number of rotatable bonds is 4. The Kier molecular flexibility index (Phi) is 4.62. The topological polar surface area (TPSA) is 105 Å². The standard InChI is InChI=1S/C11H10N4O3S2/c16-7-2-1-4-9-5-3-6-10(8-9)20(17,18)13-11-12-14-15-19-11/h3,5-6,8,16H,2,7H2,(H,12,13,15). The van der Waals surface area contributed by atoms with Gasteiger partial charge in [-0.05, 0) is 23.4 Å². The van der Waals surface area contributed by atoms with Crippen molar-refractivity contribution in [2.75, 3.05) is 11.3 Å². The molecule has 7 nitrogen and oxygen atoms in total. The van der Waals surface area contributed by atoms with E-state index >= 15 is 0 Å². The number of hydrogen-bond acceptors (Lipinski definition) is 7. The fourth-order valence-electron chi connectivity index (χ4n) is 1.31. The number of nitrogens with zero attached hydrogens (tertiary/aromatic N) is 3. The highest BCUT2D eigenvalue weighted by Crippen LogP contribution is 2.16. The Morgan fingerprint density at radius 3 is 2.95 bits per heavy atom. The summed E-state index contributed by atoms with van der Waals surface area (Å²) in [6.07, 6.45) is 0.339. The molecule has 0 unspecified atom stereocenters. The van der Waals surface area contributed by atoms with Crippen LogP contribution in [-0.2, 0) is 10.0 Å². The molecule has 2 rings (SSSR count). The van der Waals surface area contributed by atoms with Gasteiger partial charge in [0.25, 0.3) is 10.0 Å². The third kappa shape index (κ3) is 3.74. The average molecular weight is 310 g/mol. The van der Waals surface area contributed by atoms with E-state index in [1.54, 1.807) is 12.1 Å². The minimum atomic E-state index is -3.74. The summed E-state index contributed by atoms with van der Waals surface area (Å²) < 4.78 is 29.9. The van der Waals surface area contributed by atoms with Gasteiger partial charge >= 0.3 is 0 Å². The van der Waals surface area contributed by atoms with E-state index in [9.17, 15) is 8.42 Å². The van der Waals surface area contributed by atoms with E-state index in [1.807, 2.05) is 0 Å². The fourth-order valence-corrected chi connectivity index (χ4v) is 2.94. The van der Waals surface area contributed by atoms with Gasteiger partial charge in [-0.1, -0.05) is 27.5 Å². The zero-order valence-electron chi connectivity index (χ0n) is 10.1. The molecule has 0 aliphatic heterocycles. The maximum absolute atomic E-state index is 12.1. The van der Waals surface area contributed by atoms with Crippen molar-refractivity contribution in [2.24, 2.45) is 0 Å². The molecule has 0 saturated carbocycles. The number of nitrogens with one attached hydrogen (secondary N) is 1. The van der Waals surface area contributed by atoms with Crippen LogP contribution in [0.25, 0.3) is 0 Å². The Morgan fingerprint density at radius 2 is 2.25 bits per heavy atom. The molecule has 20 heavy (non-hydrogen) atoms. The molecule has 0 atom stereocenters. The second-order valence-corrected chi connectivity index (χ2v) is 5.99. The minimum Gasteiger partial charge on any atom is -0.395 e. The van der Waals surface area contributed by atoms with Crippen LogP contribution in [0.5, 0.6) is 0 Å². The zero-order chi connectivity index (χ0) is 14.4. The van der Waals surface area contributed by atoms with E-state index in [-0.39, 0.29) is 16.6 Å². The summed E-state index contributed by atoms with van der Waals surface area (Å²) in [5.41, 5.74) is 0.553. The van der Waals surface area contributed by atoms with Gasteiger partial charge in [0.2, 0.25) is 5.13 Å². The van der Waals surface area contributed by atoms with Gasteiger partial charge < -0.3 is 5.11 Å². The first-order chi connectivity index (χ1) is 9.62. The number of hydrogen-bond donors (Lipinski definition) is 2. The van der Waals surface area contributed by atoms with Crippen molar-refractivity contribution in [3.63, 3.8) is 0 Å². The third-order valence-electron chi connectivity index (χ3n) is 2.13. The van der Waals surface area contributed by atoms with Crippen molar-refractivity contribution in [3.8, 4) is 11.8 Å². The van der Waals surface area contributed by atoms with Crippen molar-refractivity contribution in [2.45, 2.75) is 11.3 Å². The van der Waals surface area contributed by atoms with Crippen LogP contribution in [-0.4, -0.2) is 34.9 Å². The van der Waals surface area contributed by atoms with Crippen LogP contribution < -0.4 is 4.72 Å². The molecule has 1 heterocycles. The van der Waals surface area contributed by atoms with Gasteiger partial charge in [-0.3, -0.25) is 4.72 Å². The first-order valence-corrected chi connectivity index (χ1v) is 7.75. The molecule has 0 aliphatic carbocycles. The second-order valence-electron chi connectivity index (χ2n) is 3.58. The van der Waals surface area contributed by atoms with E-state index < -0.39 is 10.0 Å². The number of aliphatic hydroxyl groups is 1. The summed E-state index contributed by atoms with van der Waals surface area (Å²) in [7, 11) is -3.74. The van der Waals surface area contributed by atoms with Gasteiger partial charge in [0.05, 0.1) is 11.5 Å². The van der Waals surface area contributed by atoms with Crippen LogP contribution in [0.1, 0.15) is 12.0 Å². The molecule has 1 aromatic carbocycles. The lowest BCUT2D eigenvalue weighted by Gasteiger charge is -2.04. The highest BCUT2D eigenvalue weighted by molar-refractivity contribution is 7.93. The van der Waals surface area contributed by atoms with E-state index in [4.69, 9.17) is 5.11 Å². The van der Waals surface area contributed by atoms with Gasteiger partial charge in [0, 0.05) is 23.5 Å². The smallest absolute Gasteiger partial charge is 0.263 e. The monoisotopic (exact) mass is 310 g/mol. The Bertz CT molecular complexity index is 733. The van der Waals surface area contributed by atoms with Crippen LogP contribution in [0, 0.1) is 11.8 Å². The first kappa shape index (κ1) is 14.4. The lowest BCUT2D eigenvalue weighted by Crippen LogP contribution is -2.12. The Morgan fingerprint density at radius 1 is 1.40 bits per heavy atom. The second kappa shape index (κ2) is 6.42. The molecule has 9 heteroatoms. The van der Waals surface area contributed by atoms with Crippen molar-refractivity contribution in [1.82, 2.24) is 14.8 Å². The highest BCUT2D eigenvalue weighted by atomic mass is 32.2. The molecule has 1 aromatic heterocycles. The highest BCUT2D eigenvalue weighted by Gasteiger charge is 2.16. The van der Waals surface area contributed by atoms with Crippen LogP contribution in [0.3, 0.4) is 0 Å². The lowest BCUT2D eigenvalue weighted by atomic mass is 10.2. The molecule has 2 aromatic rings. The first-order valence-electron chi connectivity index (χ1n) is 5.49. The lowest BCUT2D eigenvalue weighted by molar-refractivity contribution is 0.305. The maximum Gasteiger partial charge on any atom is 0.263 e. The van der Waals surface area contributed by atoms with Gasteiger partial charge in [-0.2, -0.15) is 0 Å². The summed E-state index contributed by atoms with van der Waals surface area (Å²) in [5, 5.41) is 15.6. The van der Waals surface area contributed by atoms with Crippen molar-refractivity contribution in [1.29, 1.82) is 0 Å². The zero-order valence-corrected chi connectivity index (χ0v) is 11.8. The summed E-state index contributed by atoms with van der Waals surface area (Å²) >= 11 is 0.847. The summed E-state index contributed by atoms with van der Waals surface area (Å²) in [5.74, 6) is 5.51. The average Bonchev–Trinajstić information content (AvgIpc) is 2.92. The van der Waals surface area contributed by atoms with Crippen molar-refractivity contribution >= 4 is 26.7 Å². The normalized spacial score (nSPS) is 10.7. The molecule has 0 aliphatic rings.